The number of phenolic OH excluding ortho intramolecular Hbond substituents is 1. The summed E-state index contributed by atoms with van der Waals surface area (Å²) < 4.78 is 0. The van der Waals surface area contributed by atoms with E-state index in [0.29, 0.717) is 15.9 Å². The van der Waals surface area contributed by atoms with Gasteiger partial charge in [-0.25, -0.2) is 4.98 Å². The van der Waals surface area contributed by atoms with E-state index in [4.69, 9.17) is 23.2 Å². The first kappa shape index (κ1) is 14.9. The molecule has 1 heterocycles. The molecule has 0 unspecified atom stereocenters. The van der Waals surface area contributed by atoms with E-state index in [9.17, 15) is 5.11 Å². The van der Waals surface area contributed by atoms with Crippen molar-refractivity contribution in [2.75, 3.05) is 0 Å². The molecule has 1 aromatic heterocycles. The van der Waals surface area contributed by atoms with Gasteiger partial charge in [0.15, 0.2) is 5.75 Å². The zero-order valence-corrected chi connectivity index (χ0v) is 13.4. The molecule has 0 saturated heterocycles. The lowest BCUT2D eigenvalue weighted by Gasteiger charge is -2.05. The number of nitrogens with zero attached hydrogens (tertiary/aromatic N) is 1. The predicted octanol–water partition coefficient (Wildman–Crippen LogP) is 5.73. The van der Waals surface area contributed by atoms with Crippen LogP contribution < -0.4 is 0 Å². The highest BCUT2D eigenvalue weighted by molar-refractivity contribution is 6.39. The number of pyridine rings is 1. The van der Waals surface area contributed by atoms with Crippen LogP contribution in [0.1, 0.15) is 16.8 Å². The molecule has 3 rings (SSSR count). The quantitative estimate of drug-likeness (QED) is 0.651. The summed E-state index contributed by atoms with van der Waals surface area (Å²) >= 11 is 12.1. The second-order valence-corrected chi connectivity index (χ2v) is 5.88. The molecular weight excluding hydrogens is 317 g/mol. The molecule has 0 aliphatic rings. The van der Waals surface area contributed by atoms with Gasteiger partial charge in [0.25, 0.3) is 0 Å². The SMILES string of the molecule is Cc1ccc(/C=C/c2ccc3c(Cl)cc(Cl)c(O)c3n2)cc1. The van der Waals surface area contributed by atoms with Crippen LogP contribution in [0.5, 0.6) is 5.75 Å². The Kier molecular flexibility index (Phi) is 4.06. The van der Waals surface area contributed by atoms with Crippen molar-refractivity contribution in [3.05, 3.63) is 69.3 Å². The van der Waals surface area contributed by atoms with Crippen molar-refractivity contribution in [3.63, 3.8) is 0 Å². The number of benzene rings is 2. The molecule has 2 aromatic carbocycles. The fourth-order valence-corrected chi connectivity index (χ4v) is 2.69. The van der Waals surface area contributed by atoms with Crippen LogP contribution in [0.3, 0.4) is 0 Å². The van der Waals surface area contributed by atoms with Crippen molar-refractivity contribution in [2.24, 2.45) is 0 Å². The van der Waals surface area contributed by atoms with Gasteiger partial charge in [-0.2, -0.15) is 0 Å². The molecule has 2 nitrogen and oxygen atoms in total. The van der Waals surface area contributed by atoms with E-state index >= 15 is 0 Å². The number of hydrogen-bond acceptors (Lipinski definition) is 2. The van der Waals surface area contributed by atoms with Gasteiger partial charge in [0.1, 0.15) is 5.52 Å². The van der Waals surface area contributed by atoms with Gasteiger partial charge in [0, 0.05) is 5.39 Å². The largest absolute Gasteiger partial charge is 0.504 e. The van der Waals surface area contributed by atoms with Crippen LogP contribution >= 0.6 is 23.2 Å². The first-order valence-electron chi connectivity index (χ1n) is 6.77. The summed E-state index contributed by atoms with van der Waals surface area (Å²) in [6.07, 6.45) is 3.86. The van der Waals surface area contributed by atoms with Gasteiger partial charge in [-0.3, -0.25) is 0 Å². The Bertz CT molecular complexity index is 870. The third kappa shape index (κ3) is 2.94. The fraction of sp³-hybridized carbons (Fsp3) is 0.0556. The van der Waals surface area contributed by atoms with Crippen LogP contribution in [-0.2, 0) is 0 Å². The lowest BCUT2D eigenvalue weighted by molar-refractivity contribution is 0.480. The average molecular weight is 330 g/mol. The van der Waals surface area contributed by atoms with Gasteiger partial charge in [-0.05, 0) is 36.8 Å². The minimum atomic E-state index is -0.0494. The van der Waals surface area contributed by atoms with E-state index < -0.39 is 0 Å². The van der Waals surface area contributed by atoms with E-state index in [1.807, 2.05) is 36.4 Å². The highest BCUT2D eigenvalue weighted by Crippen LogP contribution is 2.36. The van der Waals surface area contributed by atoms with Crippen LogP contribution in [0.2, 0.25) is 10.0 Å². The predicted molar refractivity (Wildman–Crippen MR) is 93.5 cm³/mol. The average Bonchev–Trinajstić information content (AvgIpc) is 2.52. The van der Waals surface area contributed by atoms with Gasteiger partial charge in [0.2, 0.25) is 0 Å². The summed E-state index contributed by atoms with van der Waals surface area (Å²) in [6.45, 7) is 2.05. The lowest BCUT2D eigenvalue weighted by Crippen LogP contribution is -1.86. The Morgan fingerprint density at radius 1 is 0.955 bits per heavy atom. The second-order valence-electron chi connectivity index (χ2n) is 5.07. The summed E-state index contributed by atoms with van der Waals surface area (Å²) in [7, 11) is 0. The Morgan fingerprint density at radius 2 is 1.68 bits per heavy atom. The maximum absolute atomic E-state index is 10.0. The van der Waals surface area contributed by atoms with E-state index in [2.05, 4.69) is 24.0 Å². The first-order chi connectivity index (χ1) is 10.5. The standard InChI is InChI=1S/C18H13Cl2NO/c1-11-2-4-12(5-3-11)6-7-13-8-9-14-15(19)10-16(20)18(22)17(14)21-13/h2-10,22H,1H3/b7-6+. The molecule has 110 valence electrons. The van der Waals surface area contributed by atoms with Gasteiger partial charge >= 0.3 is 0 Å². The number of hydrogen-bond donors (Lipinski definition) is 1. The van der Waals surface area contributed by atoms with Gasteiger partial charge < -0.3 is 5.11 Å². The molecule has 0 bridgehead atoms. The van der Waals surface area contributed by atoms with Crippen molar-refractivity contribution in [2.45, 2.75) is 6.92 Å². The van der Waals surface area contributed by atoms with Crippen molar-refractivity contribution in [1.82, 2.24) is 4.98 Å². The van der Waals surface area contributed by atoms with Crippen molar-refractivity contribution in [3.8, 4) is 5.75 Å². The Balaban J connectivity index is 2.01. The maximum Gasteiger partial charge on any atom is 0.160 e. The zero-order chi connectivity index (χ0) is 15.7. The van der Waals surface area contributed by atoms with Gasteiger partial charge in [0.05, 0.1) is 15.7 Å². The lowest BCUT2D eigenvalue weighted by atomic mass is 10.1. The van der Waals surface area contributed by atoms with E-state index in [-0.39, 0.29) is 10.8 Å². The fourth-order valence-electron chi connectivity index (χ4n) is 2.17. The van der Waals surface area contributed by atoms with Crippen molar-refractivity contribution < 1.29 is 5.11 Å². The highest BCUT2D eigenvalue weighted by atomic mass is 35.5. The van der Waals surface area contributed by atoms with E-state index in [1.54, 1.807) is 0 Å². The number of aryl methyl sites for hydroxylation is 1. The normalized spacial score (nSPS) is 11.4. The number of halogens is 2. The molecule has 0 aliphatic carbocycles. The number of rotatable bonds is 2. The molecule has 3 aromatic rings. The van der Waals surface area contributed by atoms with E-state index in [1.165, 1.54) is 11.6 Å². The minimum Gasteiger partial charge on any atom is -0.504 e. The van der Waals surface area contributed by atoms with Crippen LogP contribution in [0, 0.1) is 6.92 Å². The number of fused-ring (bicyclic) bond motifs is 1. The van der Waals surface area contributed by atoms with Crippen LogP contribution in [0.4, 0.5) is 0 Å². The summed E-state index contributed by atoms with van der Waals surface area (Å²) in [5.74, 6) is -0.0494. The zero-order valence-electron chi connectivity index (χ0n) is 11.8. The van der Waals surface area contributed by atoms with Crippen LogP contribution in [-0.4, -0.2) is 10.1 Å². The molecule has 0 atom stereocenters. The Morgan fingerprint density at radius 3 is 2.41 bits per heavy atom. The third-order valence-corrected chi connectivity index (χ3v) is 4.00. The van der Waals surface area contributed by atoms with Crippen LogP contribution in [0.15, 0.2) is 42.5 Å². The first-order valence-corrected chi connectivity index (χ1v) is 7.52. The molecule has 0 amide bonds. The molecule has 0 aliphatic heterocycles. The van der Waals surface area contributed by atoms with E-state index in [0.717, 1.165) is 11.3 Å². The maximum atomic E-state index is 10.0. The monoisotopic (exact) mass is 329 g/mol. The molecule has 0 radical (unpaired) electrons. The number of phenols is 1. The smallest absolute Gasteiger partial charge is 0.160 e. The van der Waals surface area contributed by atoms with Crippen molar-refractivity contribution >= 4 is 46.3 Å². The highest BCUT2D eigenvalue weighted by Gasteiger charge is 2.10. The minimum absolute atomic E-state index is 0.0494. The Labute approximate surface area is 138 Å². The summed E-state index contributed by atoms with van der Waals surface area (Å²) in [5, 5.41) is 11.4. The molecule has 0 spiro atoms. The molecule has 4 heteroatoms. The summed E-state index contributed by atoms with van der Waals surface area (Å²) in [5.41, 5.74) is 3.43. The Hall–Kier alpha value is -2.03. The molecular formula is C18H13Cl2NO. The molecule has 0 fully saturated rings. The van der Waals surface area contributed by atoms with Gasteiger partial charge in [-0.1, -0.05) is 59.1 Å². The summed E-state index contributed by atoms with van der Waals surface area (Å²) in [6, 6.07) is 13.4. The molecule has 0 saturated carbocycles. The number of aromatic nitrogens is 1. The van der Waals surface area contributed by atoms with Crippen molar-refractivity contribution in [1.29, 1.82) is 0 Å². The van der Waals surface area contributed by atoms with Crippen LogP contribution in [0.25, 0.3) is 23.1 Å². The summed E-state index contributed by atoms with van der Waals surface area (Å²) in [4.78, 5) is 4.42. The molecule has 1 N–H and O–H groups in total. The second kappa shape index (κ2) is 5.99. The van der Waals surface area contributed by atoms with Gasteiger partial charge in [-0.15, -0.1) is 0 Å². The number of aromatic hydroxyl groups is 1. The molecule has 22 heavy (non-hydrogen) atoms. The topological polar surface area (TPSA) is 33.1 Å². The third-order valence-electron chi connectivity index (χ3n) is 3.40.